The minimum Gasteiger partial charge on any atom is -0.497 e. The van der Waals surface area contributed by atoms with Gasteiger partial charge in [-0.3, -0.25) is 4.79 Å². The summed E-state index contributed by atoms with van der Waals surface area (Å²) in [7, 11) is 3.44. The largest absolute Gasteiger partial charge is 0.497 e. The molecule has 1 aromatic rings. The van der Waals surface area contributed by atoms with Crippen molar-refractivity contribution in [3.63, 3.8) is 0 Å². The van der Waals surface area contributed by atoms with Crippen molar-refractivity contribution in [1.82, 2.24) is 5.32 Å². The lowest BCUT2D eigenvalue weighted by atomic mass is 9.96. The molecule has 0 bridgehead atoms. The number of anilines is 1. The molecule has 1 aromatic carbocycles. The lowest BCUT2D eigenvalue weighted by Crippen LogP contribution is -2.43. The maximum Gasteiger partial charge on any atom is 0.241 e. The van der Waals surface area contributed by atoms with Gasteiger partial charge in [0.15, 0.2) is 0 Å². The molecule has 2 rings (SSSR count). The van der Waals surface area contributed by atoms with Crippen LogP contribution in [0.1, 0.15) is 11.1 Å². The minimum atomic E-state index is -0.154. The van der Waals surface area contributed by atoms with E-state index in [4.69, 9.17) is 4.74 Å². The highest BCUT2D eigenvalue weighted by atomic mass is 16.5. The van der Waals surface area contributed by atoms with E-state index in [1.54, 1.807) is 14.2 Å². The van der Waals surface area contributed by atoms with E-state index in [1.165, 1.54) is 0 Å². The molecule has 0 saturated carbocycles. The number of hydrogen-bond acceptors (Lipinski definition) is 3. The summed E-state index contributed by atoms with van der Waals surface area (Å²) in [6, 6.07) is 3.75. The third-order valence-corrected chi connectivity index (χ3v) is 2.96. The predicted octanol–water partition coefficient (Wildman–Crippen LogP) is 1.09. The third kappa shape index (κ3) is 1.76. The van der Waals surface area contributed by atoms with Crippen LogP contribution in [0.4, 0.5) is 5.69 Å². The summed E-state index contributed by atoms with van der Waals surface area (Å²) >= 11 is 0. The van der Waals surface area contributed by atoms with Gasteiger partial charge in [0.25, 0.3) is 0 Å². The Hall–Kier alpha value is -1.55. The number of likely N-dealkylation sites (N-methyl/N-ethyl adjacent to an activating group) is 1. The molecule has 86 valence electrons. The molecule has 4 nitrogen and oxygen atoms in total. The number of methoxy groups -OCH3 is 1. The van der Waals surface area contributed by atoms with Crippen molar-refractivity contribution in [2.24, 2.45) is 0 Å². The van der Waals surface area contributed by atoms with Crippen LogP contribution in [-0.2, 0) is 11.2 Å². The monoisotopic (exact) mass is 220 g/mol. The van der Waals surface area contributed by atoms with Crippen LogP contribution < -0.4 is 15.4 Å². The first-order valence-electron chi connectivity index (χ1n) is 5.31. The fourth-order valence-corrected chi connectivity index (χ4v) is 2.04. The van der Waals surface area contributed by atoms with Crippen LogP contribution in [-0.4, -0.2) is 26.1 Å². The Morgan fingerprint density at radius 3 is 2.88 bits per heavy atom. The quantitative estimate of drug-likeness (QED) is 0.784. The van der Waals surface area contributed by atoms with Crippen molar-refractivity contribution >= 4 is 11.6 Å². The zero-order chi connectivity index (χ0) is 11.7. The molecule has 1 aliphatic rings. The van der Waals surface area contributed by atoms with Gasteiger partial charge in [0.05, 0.1) is 13.2 Å². The smallest absolute Gasteiger partial charge is 0.241 e. The maximum atomic E-state index is 11.7. The molecule has 1 atom stereocenters. The summed E-state index contributed by atoms with van der Waals surface area (Å²) in [4.78, 5) is 11.7. The van der Waals surface area contributed by atoms with E-state index in [9.17, 15) is 4.79 Å². The second-order valence-corrected chi connectivity index (χ2v) is 4.01. The van der Waals surface area contributed by atoms with Crippen molar-refractivity contribution in [2.45, 2.75) is 19.4 Å². The highest BCUT2D eigenvalue weighted by molar-refractivity contribution is 5.98. The molecule has 1 unspecified atom stereocenters. The van der Waals surface area contributed by atoms with Crippen LogP contribution >= 0.6 is 0 Å². The average molecular weight is 220 g/mol. The van der Waals surface area contributed by atoms with Gasteiger partial charge in [-0.2, -0.15) is 0 Å². The van der Waals surface area contributed by atoms with Crippen LogP contribution in [0.2, 0.25) is 0 Å². The Balaban J connectivity index is 2.43. The summed E-state index contributed by atoms with van der Waals surface area (Å²) in [5.41, 5.74) is 3.09. The average Bonchev–Trinajstić information content (AvgIpc) is 2.29. The number of aryl methyl sites for hydroxylation is 1. The van der Waals surface area contributed by atoms with Crippen LogP contribution in [0.25, 0.3) is 0 Å². The molecule has 1 amide bonds. The molecule has 0 aliphatic carbocycles. The van der Waals surface area contributed by atoms with Crippen molar-refractivity contribution < 1.29 is 9.53 Å². The highest BCUT2D eigenvalue weighted by Gasteiger charge is 2.26. The number of carbonyl (C=O) groups excluding carboxylic acids is 1. The Bertz CT molecular complexity index is 429. The summed E-state index contributed by atoms with van der Waals surface area (Å²) in [6.07, 6.45) is 0.704. The summed E-state index contributed by atoms with van der Waals surface area (Å²) < 4.78 is 5.22. The fraction of sp³-hybridized carbons (Fsp3) is 0.417. The van der Waals surface area contributed by atoms with Crippen molar-refractivity contribution in [3.05, 3.63) is 23.3 Å². The number of fused-ring (bicyclic) bond motifs is 1. The number of ether oxygens (including phenoxy) is 1. The number of nitrogens with one attached hydrogen (secondary N) is 2. The van der Waals surface area contributed by atoms with Crippen LogP contribution in [0.5, 0.6) is 5.75 Å². The van der Waals surface area contributed by atoms with Crippen LogP contribution in [0.3, 0.4) is 0 Å². The van der Waals surface area contributed by atoms with Crippen LogP contribution in [0.15, 0.2) is 12.1 Å². The second kappa shape index (κ2) is 4.14. The predicted molar refractivity (Wildman–Crippen MR) is 62.9 cm³/mol. The first-order chi connectivity index (χ1) is 7.65. The zero-order valence-corrected chi connectivity index (χ0v) is 9.76. The van der Waals surface area contributed by atoms with E-state index in [1.807, 2.05) is 19.1 Å². The van der Waals surface area contributed by atoms with Gasteiger partial charge in [-0.25, -0.2) is 0 Å². The van der Waals surface area contributed by atoms with Gasteiger partial charge in [0.2, 0.25) is 5.91 Å². The Kier molecular flexibility index (Phi) is 2.83. The molecule has 0 aromatic heterocycles. The van der Waals surface area contributed by atoms with Crippen LogP contribution in [0, 0.1) is 6.92 Å². The standard InChI is InChI=1S/C12H16N2O2/c1-7-4-9(16-3)5-8-6-10(13-2)12(15)14-11(7)8/h4-5,10,13H,6H2,1-3H3,(H,14,15). The third-order valence-electron chi connectivity index (χ3n) is 2.96. The maximum absolute atomic E-state index is 11.7. The number of rotatable bonds is 2. The Morgan fingerprint density at radius 1 is 1.50 bits per heavy atom. The van der Waals surface area contributed by atoms with Crippen molar-refractivity contribution in [1.29, 1.82) is 0 Å². The molecule has 0 fully saturated rings. The molecule has 16 heavy (non-hydrogen) atoms. The summed E-state index contributed by atoms with van der Waals surface area (Å²) in [5, 5.41) is 5.92. The van der Waals surface area contributed by atoms with Gasteiger partial charge < -0.3 is 15.4 Å². The fourth-order valence-electron chi connectivity index (χ4n) is 2.04. The zero-order valence-electron chi connectivity index (χ0n) is 9.76. The molecule has 0 spiro atoms. The van der Waals surface area contributed by atoms with Gasteiger partial charge in [-0.15, -0.1) is 0 Å². The first kappa shape index (κ1) is 11.0. The van der Waals surface area contributed by atoms with E-state index in [0.29, 0.717) is 6.42 Å². The van der Waals surface area contributed by atoms with E-state index in [-0.39, 0.29) is 11.9 Å². The number of benzene rings is 1. The lowest BCUT2D eigenvalue weighted by molar-refractivity contribution is -0.118. The number of carbonyl (C=O) groups is 1. The Labute approximate surface area is 95.0 Å². The van der Waals surface area contributed by atoms with E-state index >= 15 is 0 Å². The summed E-state index contributed by atoms with van der Waals surface area (Å²) in [5.74, 6) is 0.866. The molecule has 1 heterocycles. The first-order valence-corrected chi connectivity index (χ1v) is 5.31. The number of amides is 1. The molecule has 4 heteroatoms. The van der Waals surface area contributed by atoms with E-state index < -0.39 is 0 Å². The summed E-state index contributed by atoms with van der Waals surface area (Å²) in [6.45, 7) is 1.97. The Morgan fingerprint density at radius 2 is 2.25 bits per heavy atom. The topological polar surface area (TPSA) is 50.4 Å². The lowest BCUT2D eigenvalue weighted by Gasteiger charge is -2.26. The number of hydrogen-bond donors (Lipinski definition) is 2. The van der Waals surface area contributed by atoms with Gasteiger partial charge in [-0.05, 0) is 43.7 Å². The van der Waals surface area contributed by atoms with Gasteiger partial charge >= 0.3 is 0 Å². The van der Waals surface area contributed by atoms with E-state index in [0.717, 1.165) is 22.6 Å². The van der Waals surface area contributed by atoms with E-state index in [2.05, 4.69) is 10.6 Å². The molecular weight excluding hydrogens is 204 g/mol. The van der Waals surface area contributed by atoms with Crippen molar-refractivity contribution in [2.75, 3.05) is 19.5 Å². The molecule has 0 saturated heterocycles. The van der Waals surface area contributed by atoms with Gasteiger partial charge in [-0.1, -0.05) is 0 Å². The molecular formula is C12H16N2O2. The molecule has 0 radical (unpaired) electrons. The second-order valence-electron chi connectivity index (χ2n) is 4.01. The SMILES string of the molecule is CNC1Cc2cc(OC)cc(C)c2NC1=O. The minimum absolute atomic E-state index is 0.0308. The van der Waals surface area contributed by atoms with Gasteiger partial charge in [0, 0.05) is 5.69 Å². The molecule has 2 N–H and O–H groups in total. The normalized spacial score (nSPS) is 18.9. The van der Waals surface area contributed by atoms with Crippen molar-refractivity contribution in [3.8, 4) is 5.75 Å². The highest BCUT2D eigenvalue weighted by Crippen LogP contribution is 2.30. The molecule has 1 aliphatic heterocycles. The van der Waals surface area contributed by atoms with Gasteiger partial charge in [0.1, 0.15) is 5.75 Å².